The van der Waals surface area contributed by atoms with E-state index in [9.17, 15) is 4.79 Å². The largest absolute Gasteiger partial charge is 0.497 e. The van der Waals surface area contributed by atoms with Gasteiger partial charge in [0.25, 0.3) is 5.91 Å². The van der Waals surface area contributed by atoms with Gasteiger partial charge in [-0.05, 0) is 55.7 Å². The maximum absolute atomic E-state index is 13.1. The van der Waals surface area contributed by atoms with Crippen molar-refractivity contribution in [2.24, 2.45) is 0 Å². The lowest BCUT2D eigenvalue weighted by atomic mass is 10.2. The molecule has 0 atom stereocenters. The summed E-state index contributed by atoms with van der Waals surface area (Å²) in [6, 6.07) is 15.4. The molecule has 0 spiro atoms. The Morgan fingerprint density at radius 2 is 1.79 bits per heavy atom. The van der Waals surface area contributed by atoms with Gasteiger partial charge in [0.1, 0.15) is 11.6 Å². The van der Waals surface area contributed by atoms with Crippen molar-refractivity contribution in [3.8, 4) is 5.75 Å². The van der Waals surface area contributed by atoms with Crippen molar-refractivity contribution in [2.45, 2.75) is 25.2 Å². The number of rotatable bonds is 4. The number of benzene rings is 2. The van der Waals surface area contributed by atoms with Crippen molar-refractivity contribution >= 4 is 28.4 Å². The van der Waals surface area contributed by atoms with Crippen molar-refractivity contribution in [3.05, 3.63) is 59.9 Å². The first-order valence-electron chi connectivity index (χ1n) is 11.5. The second-order valence-electron chi connectivity index (χ2n) is 8.78. The number of carbonyl (C=O) groups is 1. The zero-order valence-corrected chi connectivity index (χ0v) is 18.6. The molecule has 6 rings (SSSR count). The van der Waals surface area contributed by atoms with E-state index in [0.717, 1.165) is 66.4 Å². The van der Waals surface area contributed by atoms with Crippen LogP contribution in [0.5, 0.6) is 5.75 Å². The van der Waals surface area contributed by atoms with Crippen LogP contribution in [0.3, 0.4) is 0 Å². The van der Waals surface area contributed by atoms with Crippen LogP contribution in [0.1, 0.15) is 41.4 Å². The zero-order valence-electron chi connectivity index (χ0n) is 18.6. The number of amides is 1. The number of hydrogen-bond acceptors (Lipinski definition) is 6. The lowest BCUT2D eigenvalue weighted by Crippen LogP contribution is -2.36. The number of aromatic nitrogens is 4. The molecule has 0 radical (unpaired) electrons. The van der Waals surface area contributed by atoms with Crippen LogP contribution in [0, 0.1) is 0 Å². The van der Waals surface area contributed by atoms with Crippen LogP contribution in [0.2, 0.25) is 0 Å². The molecular weight excluding hydrogens is 416 g/mol. The first-order valence-corrected chi connectivity index (χ1v) is 11.5. The topological polar surface area (TPSA) is 75.9 Å². The Labute approximate surface area is 191 Å². The van der Waals surface area contributed by atoms with Gasteiger partial charge in [-0.3, -0.25) is 4.79 Å². The third-order valence-corrected chi connectivity index (χ3v) is 6.60. The van der Waals surface area contributed by atoms with Gasteiger partial charge in [-0.2, -0.15) is 0 Å². The molecule has 2 aliphatic rings. The highest BCUT2D eigenvalue weighted by Gasteiger charge is 2.32. The fourth-order valence-electron chi connectivity index (χ4n) is 4.64. The molecule has 2 aromatic heterocycles. The predicted octanol–water partition coefficient (Wildman–Crippen LogP) is 3.52. The zero-order chi connectivity index (χ0) is 22.4. The van der Waals surface area contributed by atoms with Gasteiger partial charge in [-0.15, -0.1) is 10.2 Å². The summed E-state index contributed by atoms with van der Waals surface area (Å²) < 4.78 is 7.37. The van der Waals surface area contributed by atoms with E-state index in [0.29, 0.717) is 24.6 Å². The molecule has 8 heteroatoms. The van der Waals surface area contributed by atoms with Crippen molar-refractivity contribution in [2.75, 3.05) is 38.2 Å². The molecule has 0 N–H and O–H groups in total. The van der Waals surface area contributed by atoms with E-state index in [-0.39, 0.29) is 5.91 Å². The number of para-hydroxylation sites is 1. The number of hydrogen-bond donors (Lipinski definition) is 0. The summed E-state index contributed by atoms with van der Waals surface area (Å²) in [4.78, 5) is 22.4. The van der Waals surface area contributed by atoms with Crippen LogP contribution < -0.4 is 9.64 Å². The van der Waals surface area contributed by atoms with Crippen LogP contribution in [0.15, 0.2) is 48.5 Å². The van der Waals surface area contributed by atoms with Crippen LogP contribution >= 0.6 is 0 Å². The lowest BCUT2D eigenvalue weighted by molar-refractivity contribution is 0.0767. The highest BCUT2D eigenvalue weighted by Crippen LogP contribution is 2.40. The van der Waals surface area contributed by atoms with Crippen molar-refractivity contribution in [3.63, 3.8) is 0 Å². The third kappa shape index (κ3) is 3.55. The molecule has 8 nitrogen and oxygen atoms in total. The molecule has 1 saturated heterocycles. The second kappa shape index (κ2) is 8.03. The van der Waals surface area contributed by atoms with E-state index >= 15 is 0 Å². The Balaban J connectivity index is 1.32. The Morgan fingerprint density at radius 1 is 0.970 bits per heavy atom. The Bertz CT molecular complexity index is 1330. The minimum Gasteiger partial charge on any atom is -0.497 e. The average Bonchev–Trinajstić information content (AvgIpc) is 3.66. The van der Waals surface area contributed by atoms with Crippen molar-refractivity contribution in [1.82, 2.24) is 24.5 Å². The predicted molar refractivity (Wildman–Crippen MR) is 126 cm³/mol. The molecule has 2 fully saturated rings. The summed E-state index contributed by atoms with van der Waals surface area (Å²) in [5.41, 5.74) is 2.48. The molecule has 1 aliphatic carbocycles. The Morgan fingerprint density at radius 3 is 2.58 bits per heavy atom. The summed E-state index contributed by atoms with van der Waals surface area (Å²) in [5, 5.41) is 10.1. The summed E-state index contributed by atoms with van der Waals surface area (Å²) in [5.74, 6) is 3.16. The van der Waals surface area contributed by atoms with E-state index in [4.69, 9.17) is 9.72 Å². The molecule has 0 unspecified atom stereocenters. The summed E-state index contributed by atoms with van der Waals surface area (Å²) in [7, 11) is 1.63. The van der Waals surface area contributed by atoms with Crippen LogP contribution in [-0.2, 0) is 0 Å². The summed E-state index contributed by atoms with van der Waals surface area (Å²) >= 11 is 0. The number of carbonyl (C=O) groups excluding carboxylic acids is 1. The van der Waals surface area contributed by atoms with Gasteiger partial charge in [-0.1, -0.05) is 12.1 Å². The molecule has 1 aliphatic heterocycles. The number of fused-ring (bicyclic) bond motifs is 3. The second-order valence-corrected chi connectivity index (χ2v) is 8.78. The molecule has 33 heavy (non-hydrogen) atoms. The fourth-order valence-corrected chi connectivity index (χ4v) is 4.64. The Kier molecular flexibility index (Phi) is 4.86. The lowest BCUT2D eigenvalue weighted by Gasteiger charge is -2.24. The Hall–Kier alpha value is -3.68. The quantitative estimate of drug-likeness (QED) is 0.481. The molecule has 1 saturated carbocycles. The molecule has 4 aromatic rings. The SMILES string of the molecule is COc1ccc(C(=O)N2CCCN(c3nc4ccccc4c4nnc(C5CC5)n34)CC2)cc1. The monoisotopic (exact) mass is 442 g/mol. The number of methoxy groups -OCH3 is 1. The minimum absolute atomic E-state index is 0.0547. The van der Waals surface area contributed by atoms with Crippen molar-refractivity contribution in [1.29, 1.82) is 0 Å². The van der Waals surface area contributed by atoms with Gasteiger partial charge in [0.2, 0.25) is 5.95 Å². The van der Waals surface area contributed by atoms with E-state index in [1.54, 1.807) is 7.11 Å². The van der Waals surface area contributed by atoms with Gasteiger partial charge < -0.3 is 14.5 Å². The van der Waals surface area contributed by atoms with E-state index in [2.05, 4.69) is 25.6 Å². The molecular formula is C25H26N6O2. The number of ether oxygens (including phenoxy) is 1. The summed E-state index contributed by atoms with van der Waals surface area (Å²) in [6.07, 6.45) is 3.17. The molecule has 3 heterocycles. The first-order chi connectivity index (χ1) is 16.2. The van der Waals surface area contributed by atoms with E-state index in [1.165, 1.54) is 0 Å². The normalized spacial score (nSPS) is 16.9. The molecule has 0 bridgehead atoms. The fraction of sp³-hybridized carbons (Fsp3) is 0.360. The molecule has 168 valence electrons. The standard InChI is InChI=1S/C25H26N6O2/c1-33-19-11-9-18(10-12-19)24(32)29-13-4-14-30(16-15-29)25-26-21-6-3-2-5-20(21)23-28-27-22(31(23)25)17-7-8-17/h2-3,5-6,9-12,17H,4,7-8,13-16H2,1H3. The third-order valence-electron chi connectivity index (χ3n) is 6.60. The van der Waals surface area contributed by atoms with Crippen LogP contribution in [0.25, 0.3) is 16.6 Å². The molecule has 1 amide bonds. The van der Waals surface area contributed by atoms with Gasteiger partial charge in [0, 0.05) is 43.0 Å². The van der Waals surface area contributed by atoms with Gasteiger partial charge in [-0.25, -0.2) is 9.38 Å². The van der Waals surface area contributed by atoms with Crippen molar-refractivity contribution < 1.29 is 9.53 Å². The van der Waals surface area contributed by atoms with E-state index < -0.39 is 0 Å². The maximum atomic E-state index is 13.1. The summed E-state index contributed by atoms with van der Waals surface area (Å²) in [6.45, 7) is 2.90. The highest BCUT2D eigenvalue weighted by atomic mass is 16.5. The average molecular weight is 443 g/mol. The molecule has 2 aromatic carbocycles. The van der Waals surface area contributed by atoms with Crippen LogP contribution in [-0.4, -0.2) is 63.7 Å². The van der Waals surface area contributed by atoms with Crippen LogP contribution in [0.4, 0.5) is 5.95 Å². The minimum atomic E-state index is 0.0547. The number of anilines is 1. The van der Waals surface area contributed by atoms with Gasteiger partial charge >= 0.3 is 0 Å². The number of nitrogens with zero attached hydrogens (tertiary/aromatic N) is 6. The first kappa shape index (κ1) is 20.0. The highest BCUT2D eigenvalue weighted by molar-refractivity contribution is 5.94. The maximum Gasteiger partial charge on any atom is 0.253 e. The van der Waals surface area contributed by atoms with Gasteiger partial charge in [0.15, 0.2) is 5.65 Å². The van der Waals surface area contributed by atoms with Gasteiger partial charge in [0.05, 0.1) is 12.6 Å². The van der Waals surface area contributed by atoms with E-state index in [1.807, 2.05) is 47.4 Å². The smallest absolute Gasteiger partial charge is 0.253 e.